The lowest BCUT2D eigenvalue weighted by atomic mass is 10.2. The second kappa shape index (κ2) is 6.20. The van der Waals surface area contributed by atoms with Crippen molar-refractivity contribution in [1.29, 1.82) is 5.26 Å². The highest BCUT2D eigenvalue weighted by Gasteiger charge is 2.10. The van der Waals surface area contributed by atoms with E-state index in [2.05, 4.69) is 11.4 Å². The van der Waals surface area contributed by atoms with Crippen LogP contribution in [0.25, 0.3) is 0 Å². The van der Waals surface area contributed by atoms with E-state index < -0.39 is 0 Å². The first-order valence-electron chi connectivity index (χ1n) is 5.01. The molecule has 0 aliphatic carbocycles. The first-order valence-corrected chi connectivity index (χ1v) is 5.89. The largest absolute Gasteiger partial charge is 0.351 e. The van der Waals surface area contributed by atoms with Gasteiger partial charge in [-0.05, 0) is 29.9 Å². The summed E-state index contributed by atoms with van der Waals surface area (Å²) in [5.74, 6) is -0.0141. The Kier molecular flexibility index (Phi) is 4.85. The number of nitrogens with zero attached hydrogens (tertiary/aromatic N) is 1. The van der Waals surface area contributed by atoms with Crippen molar-refractivity contribution in [3.05, 3.63) is 21.9 Å². The van der Waals surface area contributed by atoms with Gasteiger partial charge in [0.2, 0.25) is 0 Å². The molecule has 3 nitrogen and oxygen atoms in total. The zero-order valence-electron chi connectivity index (χ0n) is 8.75. The lowest BCUT2D eigenvalue weighted by Crippen LogP contribution is -2.24. The summed E-state index contributed by atoms with van der Waals surface area (Å²) in [6.07, 6.45) is 2.09. The Balaban J connectivity index is 2.44. The van der Waals surface area contributed by atoms with Gasteiger partial charge in [-0.25, -0.2) is 0 Å². The molecule has 0 aliphatic heterocycles. The number of aryl methyl sites for hydroxylation is 1. The molecule has 4 heteroatoms. The number of nitrogens with one attached hydrogen (secondary N) is 1. The summed E-state index contributed by atoms with van der Waals surface area (Å²) in [5.41, 5.74) is 1.10. The standard InChI is InChI=1S/C11H14N2OS/c1-2-9-5-8-15-10(9)11(14)13-7-4-3-6-12/h5,8H,2-4,7H2,1H3,(H,13,14). The monoisotopic (exact) mass is 222 g/mol. The first kappa shape index (κ1) is 11.7. The zero-order chi connectivity index (χ0) is 11.1. The number of unbranched alkanes of at least 4 members (excludes halogenated alkanes) is 1. The SMILES string of the molecule is CCc1ccsc1C(=O)NCCCC#N. The maximum Gasteiger partial charge on any atom is 0.261 e. The molecule has 1 heterocycles. The number of rotatable bonds is 5. The number of amides is 1. The fourth-order valence-corrected chi connectivity index (χ4v) is 2.17. The Bertz CT molecular complexity index is 365. The molecule has 1 amide bonds. The molecular formula is C11H14N2OS. The summed E-state index contributed by atoms with van der Waals surface area (Å²) in [6.45, 7) is 2.61. The Morgan fingerprint density at radius 1 is 1.67 bits per heavy atom. The Morgan fingerprint density at radius 3 is 3.13 bits per heavy atom. The van der Waals surface area contributed by atoms with E-state index in [1.807, 2.05) is 18.4 Å². The Hall–Kier alpha value is -1.34. The van der Waals surface area contributed by atoms with Crippen molar-refractivity contribution in [2.75, 3.05) is 6.54 Å². The molecule has 0 unspecified atom stereocenters. The van der Waals surface area contributed by atoms with Gasteiger partial charge in [0.05, 0.1) is 10.9 Å². The van der Waals surface area contributed by atoms with Crippen LogP contribution in [0.5, 0.6) is 0 Å². The van der Waals surface area contributed by atoms with Crippen molar-refractivity contribution >= 4 is 17.2 Å². The predicted octanol–water partition coefficient (Wildman–Crippen LogP) is 2.34. The maximum absolute atomic E-state index is 11.7. The number of nitriles is 1. The number of hydrogen-bond acceptors (Lipinski definition) is 3. The summed E-state index contributed by atoms with van der Waals surface area (Å²) in [7, 11) is 0. The van der Waals surface area contributed by atoms with Crippen LogP contribution in [0.1, 0.15) is 35.0 Å². The Morgan fingerprint density at radius 2 is 2.47 bits per heavy atom. The average Bonchev–Trinajstić information content (AvgIpc) is 2.72. The molecule has 1 aromatic heterocycles. The zero-order valence-corrected chi connectivity index (χ0v) is 9.56. The molecule has 0 aromatic carbocycles. The average molecular weight is 222 g/mol. The molecule has 1 aromatic rings. The fraction of sp³-hybridized carbons (Fsp3) is 0.455. The third kappa shape index (κ3) is 3.37. The summed E-state index contributed by atoms with van der Waals surface area (Å²) in [4.78, 5) is 12.5. The molecule has 15 heavy (non-hydrogen) atoms. The lowest BCUT2D eigenvalue weighted by molar-refractivity contribution is 0.0956. The van der Waals surface area contributed by atoms with Crippen molar-refractivity contribution in [3.63, 3.8) is 0 Å². The van der Waals surface area contributed by atoms with Crippen molar-refractivity contribution in [3.8, 4) is 6.07 Å². The third-order valence-corrected chi connectivity index (χ3v) is 3.04. The summed E-state index contributed by atoms with van der Waals surface area (Å²) >= 11 is 1.47. The van der Waals surface area contributed by atoms with E-state index in [0.717, 1.165) is 23.3 Å². The van der Waals surface area contributed by atoms with Crippen molar-refractivity contribution < 1.29 is 4.79 Å². The third-order valence-electron chi connectivity index (χ3n) is 2.08. The molecular weight excluding hydrogens is 208 g/mol. The van der Waals surface area contributed by atoms with Gasteiger partial charge in [-0.3, -0.25) is 4.79 Å². The highest BCUT2D eigenvalue weighted by atomic mass is 32.1. The topological polar surface area (TPSA) is 52.9 Å². The number of thiophene rings is 1. The van der Waals surface area contributed by atoms with E-state index in [0.29, 0.717) is 13.0 Å². The van der Waals surface area contributed by atoms with Gasteiger partial charge in [0, 0.05) is 13.0 Å². The maximum atomic E-state index is 11.7. The fourth-order valence-electron chi connectivity index (χ4n) is 1.26. The lowest BCUT2D eigenvalue weighted by Gasteiger charge is -2.03. The molecule has 80 valence electrons. The van der Waals surface area contributed by atoms with Gasteiger partial charge < -0.3 is 5.32 Å². The smallest absolute Gasteiger partial charge is 0.261 e. The highest BCUT2D eigenvalue weighted by Crippen LogP contribution is 2.16. The summed E-state index contributed by atoms with van der Waals surface area (Å²) < 4.78 is 0. The van der Waals surface area contributed by atoms with Gasteiger partial charge in [0.25, 0.3) is 5.91 Å². The molecule has 0 fully saturated rings. The van der Waals surface area contributed by atoms with Crippen molar-refractivity contribution in [2.24, 2.45) is 0 Å². The Labute approximate surface area is 93.7 Å². The van der Waals surface area contributed by atoms with Crippen molar-refractivity contribution in [2.45, 2.75) is 26.2 Å². The molecule has 0 saturated heterocycles. The van der Waals surface area contributed by atoms with Crippen LogP contribution in [-0.2, 0) is 6.42 Å². The van der Waals surface area contributed by atoms with Gasteiger partial charge in [-0.15, -0.1) is 11.3 Å². The molecule has 1 rings (SSSR count). The molecule has 0 radical (unpaired) electrons. The quantitative estimate of drug-likeness (QED) is 0.777. The molecule has 0 saturated carbocycles. The molecule has 1 N–H and O–H groups in total. The van der Waals surface area contributed by atoms with E-state index in [9.17, 15) is 4.79 Å². The summed E-state index contributed by atoms with van der Waals surface area (Å²) in [6, 6.07) is 4.03. The van der Waals surface area contributed by atoms with E-state index >= 15 is 0 Å². The van der Waals surface area contributed by atoms with E-state index in [1.54, 1.807) is 0 Å². The van der Waals surface area contributed by atoms with Crippen LogP contribution in [-0.4, -0.2) is 12.5 Å². The van der Waals surface area contributed by atoms with Crippen LogP contribution >= 0.6 is 11.3 Å². The number of carbonyl (C=O) groups excluding carboxylic acids is 1. The van der Waals surface area contributed by atoms with Crippen LogP contribution in [0.15, 0.2) is 11.4 Å². The van der Waals surface area contributed by atoms with Gasteiger partial charge in [-0.1, -0.05) is 6.92 Å². The van der Waals surface area contributed by atoms with E-state index in [1.165, 1.54) is 11.3 Å². The number of carbonyl (C=O) groups is 1. The van der Waals surface area contributed by atoms with Crippen LogP contribution in [0.3, 0.4) is 0 Å². The van der Waals surface area contributed by atoms with Gasteiger partial charge in [-0.2, -0.15) is 5.26 Å². The minimum absolute atomic E-state index is 0.0141. The van der Waals surface area contributed by atoms with Crippen molar-refractivity contribution in [1.82, 2.24) is 5.32 Å². The van der Waals surface area contributed by atoms with E-state index in [-0.39, 0.29) is 5.91 Å². The van der Waals surface area contributed by atoms with Crippen LogP contribution in [0.2, 0.25) is 0 Å². The highest BCUT2D eigenvalue weighted by molar-refractivity contribution is 7.12. The van der Waals surface area contributed by atoms with Gasteiger partial charge in [0.15, 0.2) is 0 Å². The van der Waals surface area contributed by atoms with Gasteiger partial charge in [0.1, 0.15) is 0 Å². The van der Waals surface area contributed by atoms with Crippen LogP contribution in [0, 0.1) is 11.3 Å². The second-order valence-corrected chi connectivity index (χ2v) is 4.06. The van der Waals surface area contributed by atoms with E-state index in [4.69, 9.17) is 5.26 Å². The molecule has 0 aliphatic rings. The van der Waals surface area contributed by atoms with Crippen LogP contribution in [0.4, 0.5) is 0 Å². The first-order chi connectivity index (χ1) is 7.29. The summed E-state index contributed by atoms with van der Waals surface area (Å²) in [5, 5.41) is 13.1. The minimum Gasteiger partial charge on any atom is -0.351 e. The second-order valence-electron chi connectivity index (χ2n) is 3.15. The normalized spacial score (nSPS) is 9.60. The molecule has 0 bridgehead atoms. The number of hydrogen-bond donors (Lipinski definition) is 1. The predicted molar refractivity (Wildman–Crippen MR) is 60.9 cm³/mol. The molecule has 0 atom stereocenters. The molecule has 0 spiro atoms. The minimum atomic E-state index is -0.0141. The van der Waals surface area contributed by atoms with Crippen LogP contribution < -0.4 is 5.32 Å². The van der Waals surface area contributed by atoms with Gasteiger partial charge >= 0.3 is 0 Å².